The van der Waals surface area contributed by atoms with Gasteiger partial charge in [-0.3, -0.25) is 0 Å². The van der Waals surface area contributed by atoms with Crippen LogP contribution in [0.25, 0.3) is 0 Å². The number of hydrogen-bond donors (Lipinski definition) is 2. The van der Waals surface area contributed by atoms with Gasteiger partial charge < -0.3 is 14.9 Å². The molecule has 2 N–H and O–H groups in total. The second kappa shape index (κ2) is 4.21. The average molecular weight is 174 g/mol. The zero-order chi connectivity index (χ0) is 9.14. The van der Waals surface area contributed by atoms with Gasteiger partial charge in [0.25, 0.3) is 0 Å². The summed E-state index contributed by atoms with van der Waals surface area (Å²) >= 11 is 0. The zero-order valence-corrected chi connectivity index (χ0v) is 7.73. The topological polar surface area (TPSA) is 49.7 Å². The van der Waals surface area contributed by atoms with E-state index in [-0.39, 0.29) is 6.10 Å². The lowest BCUT2D eigenvalue weighted by molar-refractivity contribution is -0.139. The molecular formula is C9H18O3. The fourth-order valence-corrected chi connectivity index (χ4v) is 1.53. The van der Waals surface area contributed by atoms with Crippen LogP contribution < -0.4 is 0 Å². The van der Waals surface area contributed by atoms with Crippen LogP contribution in [0.1, 0.15) is 26.7 Å². The van der Waals surface area contributed by atoms with Gasteiger partial charge in [0.05, 0.1) is 12.2 Å². The lowest BCUT2D eigenvalue weighted by Gasteiger charge is -2.32. The van der Waals surface area contributed by atoms with Gasteiger partial charge in [-0.05, 0) is 18.8 Å². The Kier molecular flexibility index (Phi) is 3.50. The Labute approximate surface area is 73.4 Å². The highest BCUT2D eigenvalue weighted by Gasteiger charge is 2.31. The van der Waals surface area contributed by atoms with Crippen molar-refractivity contribution >= 4 is 0 Å². The monoisotopic (exact) mass is 174 g/mol. The number of ether oxygens (including phenoxy) is 1. The predicted molar refractivity (Wildman–Crippen MR) is 45.8 cm³/mol. The molecule has 0 aliphatic carbocycles. The predicted octanol–water partition coefficient (Wildman–Crippen LogP) is 0.543. The fraction of sp³-hybridized carbons (Fsp3) is 1.00. The Morgan fingerprint density at radius 1 is 1.42 bits per heavy atom. The second-order valence-electron chi connectivity index (χ2n) is 3.89. The molecule has 0 unspecified atom stereocenters. The minimum absolute atomic E-state index is 0.172. The van der Waals surface area contributed by atoms with Gasteiger partial charge >= 0.3 is 0 Å². The lowest BCUT2D eigenvalue weighted by atomic mass is 9.95. The van der Waals surface area contributed by atoms with Crippen molar-refractivity contribution in [1.82, 2.24) is 0 Å². The molecule has 0 aromatic carbocycles. The summed E-state index contributed by atoms with van der Waals surface area (Å²) in [4.78, 5) is 0. The van der Waals surface area contributed by atoms with Crippen LogP contribution in [0, 0.1) is 5.92 Å². The van der Waals surface area contributed by atoms with E-state index in [0.29, 0.717) is 18.9 Å². The average Bonchev–Trinajstić information content (AvgIpc) is 1.98. The first kappa shape index (κ1) is 9.96. The van der Waals surface area contributed by atoms with Crippen molar-refractivity contribution in [3.8, 4) is 0 Å². The number of aliphatic hydroxyl groups excluding tert-OH is 2. The third-order valence-electron chi connectivity index (χ3n) is 2.22. The van der Waals surface area contributed by atoms with E-state index in [0.717, 1.165) is 6.42 Å². The van der Waals surface area contributed by atoms with Crippen molar-refractivity contribution in [3.63, 3.8) is 0 Å². The van der Waals surface area contributed by atoms with Crippen LogP contribution in [0.2, 0.25) is 0 Å². The van der Waals surface area contributed by atoms with Crippen LogP contribution in [-0.4, -0.2) is 35.1 Å². The molecule has 3 atom stereocenters. The van der Waals surface area contributed by atoms with Crippen LogP contribution in [0.3, 0.4) is 0 Å². The normalized spacial score (nSPS) is 37.2. The molecule has 1 fully saturated rings. The molecule has 0 bridgehead atoms. The van der Waals surface area contributed by atoms with E-state index in [1.165, 1.54) is 0 Å². The lowest BCUT2D eigenvalue weighted by Crippen LogP contribution is -2.44. The highest BCUT2D eigenvalue weighted by molar-refractivity contribution is 4.81. The van der Waals surface area contributed by atoms with E-state index >= 15 is 0 Å². The van der Waals surface area contributed by atoms with E-state index in [1.54, 1.807) is 0 Å². The van der Waals surface area contributed by atoms with Crippen molar-refractivity contribution in [3.05, 3.63) is 0 Å². The molecule has 3 heteroatoms. The molecule has 1 aliphatic heterocycles. The SMILES string of the molecule is CC(C)C[C@H]1OCC[C@@H](O)[C@H]1O. The maximum atomic E-state index is 9.51. The minimum Gasteiger partial charge on any atom is -0.390 e. The van der Waals surface area contributed by atoms with Gasteiger partial charge in [0.15, 0.2) is 0 Å². The number of hydrogen-bond acceptors (Lipinski definition) is 3. The van der Waals surface area contributed by atoms with Gasteiger partial charge in [0, 0.05) is 6.61 Å². The van der Waals surface area contributed by atoms with E-state index < -0.39 is 12.2 Å². The molecule has 1 aliphatic rings. The molecule has 1 saturated heterocycles. The third-order valence-corrected chi connectivity index (χ3v) is 2.22. The van der Waals surface area contributed by atoms with Gasteiger partial charge in [-0.2, -0.15) is 0 Å². The minimum atomic E-state index is -0.693. The Morgan fingerprint density at radius 3 is 2.67 bits per heavy atom. The number of rotatable bonds is 2. The second-order valence-corrected chi connectivity index (χ2v) is 3.89. The van der Waals surface area contributed by atoms with Crippen molar-refractivity contribution in [2.24, 2.45) is 5.92 Å². The molecule has 72 valence electrons. The van der Waals surface area contributed by atoms with Crippen molar-refractivity contribution in [1.29, 1.82) is 0 Å². The maximum absolute atomic E-state index is 9.51. The van der Waals surface area contributed by atoms with Crippen LogP contribution in [-0.2, 0) is 4.74 Å². The molecule has 12 heavy (non-hydrogen) atoms. The molecule has 1 rings (SSSR count). The van der Waals surface area contributed by atoms with E-state index in [9.17, 15) is 10.2 Å². The van der Waals surface area contributed by atoms with Crippen molar-refractivity contribution in [2.45, 2.75) is 45.0 Å². The van der Waals surface area contributed by atoms with Gasteiger partial charge in [0.2, 0.25) is 0 Å². The van der Waals surface area contributed by atoms with Crippen LogP contribution in [0.5, 0.6) is 0 Å². The molecule has 0 spiro atoms. The van der Waals surface area contributed by atoms with Crippen LogP contribution in [0.4, 0.5) is 0 Å². The summed E-state index contributed by atoms with van der Waals surface area (Å²) in [6, 6.07) is 0. The summed E-state index contributed by atoms with van der Waals surface area (Å²) in [5.74, 6) is 0.495. The number of aliphatic hydroxyl groups is 2. The van der Waals surface area contributed by atoms with E-state index in [2.05, 4.69) is 13.8 Å². The van der Waals surface area contributed by atoms with Crippen molar-refractivity contribution < 1.29 is 14.9 Å². The Balaban J connectivity index is 2.41. The molecule has 3 nitrogen and oxygen atoms in total. The molecule has 0 amide bonds. The van der Waals surface area contributed by atoms with Crippen LogP contribution >= 0.6 is 0 Å². The Hall–Kier alpha value is -0.120. The Morgan fingerprint density at radius 2 is 2.08 bits per heavy atom. The van der Waals surface area contributed by atoms with Crippen LogP contribution in [0.15, 0.2) is 0 Å². The van der Waals surface area contributed by atoms with Gasteiger partial charge in [-0.1, -0.05) is 13.8 Å². The zero-order valence-electron chi connectivity index (χ0n) is 7.73. The molecule has 0 aromatic rings. The summed E-state index contributed by atoms with van der Waals surface area (Å²) in [7, 11) is 0. The largest absolute Gasteiger partial charge is 0.390 e. The first-order chi connectivity index (χ1) is 5.61. The fourth-order valence-electron chi connectivity index (χ4n) is 1.53. The third kappa shape index (κ3) is 2.44. The summed E-state index contributed by atoms with van der Waals surface area (Å²) in [6.45, 7) is 4.73. The molecule has 0 radical (unpaired) electrons. The van der Waals surface area contributed by atoms with E-state index in [1.807, 2.05) is 0 Å². The van der Waals surface area contributed by atoms with E-state index in [4.69, 9.17) is 4.74 Å². The van der Waals surface area contributed by atoms with Gasteiger partial charge in [-0.25, -0.2) is 0 Å². The summed E-state index contributed by atoms with van der Waals surface area (Å²) in [5, 5.41) is 18.8. The van der Waals surface area contributed by atoms with Gasteiger partial charge in [-0.15, -0.1) is 0 Å². The highest BCUT2D eigenvalue weighted by atomic mass is 16.5. The summed E-state index contributed by atoms with van der Waals surface area (Å²) in [5.41, 5.74) is 0. The smallest absolute Gasteiger partial charge is 0.106 e. The molecule has 0 aromatic heterocycles. The standard InChI is InChI=1S/C9H18O3/c1-6(2)5-8-9(11)7(10)3-4-12-8/h6-11H,3-5H2,1-2H3/t7-,8-,9-/m1/s1. The molecule has 1 heterocycles. The first-order valence-electron chi connectivity index (χ1n) is 4.59. The maximum Gasteiger partial charge on any atom is 0.106 e. The van der Waals surface area contributed by atoms with Gasteiger partial charge in [0.1, 0.15) is 6.10 Å². The molecule has 0 saturated carbocycles. The molecular weight excluding hydrogens is 156 g/mol. The highest BCUT2D eigenvalue weighted by Crippen LogP contribution is 2.20. The van der Waals surface area contributed by atoms with Crippen molar-refractivity contribution in [2.75, 3.05) is 6.61 Å². The summed E-state index contributed by atoms with van der Waals surface area (Å²) < 4.78 is 5.36. The summed E-state index contributed by atoms with van der Waals surface area (Å²) in [6.07, 6.45) is -0.0917. The quantitative estimate of drug-likeness (QED) is 0.642. The Bertz CT molecular complexity index is 136. The first-order valence-corrected chi connectivity index (χ1v) is 4.59.